The molecule has 0 spiro atoms. The second kappa shape index (κ2) is 4.12. The Bertz CT molecular complexity index is 482. The van der Waals surface area contributed by atoms with Crippen LogP contribution < -0.4 is 0 Å². The van der Waals surface area contributed by atoms with E-state index in [0.29, 0.717) is 5.89 Å². The number of rotatable bonds is 2. The van der Waals surface area contributed by atoms with Gasteiger partial charge in [0.1, 0.15) is 6.61 Å². The molecule has 0 fully saturated rings. The highest BCUT2D eigenvalue weighted by Gasteiger charge is 2.11. The lowest BCUT2D eigenvalue weighted by atomic mass is 10.1. The Balaban J connectivity index is 2.49. The van der Waals surface area contributed by atoms with Gasteiger partial charge in [-0.25, -0.2) is 0 Å². The molecule has 78 valence electrons. The Morgan fingerprint density at radius 2 is 2.20 bits per heavy atom. The van der Waals surface area contributed by atoms with Crippen LogP contribution in [0.5, 0.6) is 0 Å². The second-order valence-electron chi connectivity index (χ2n) is 3.07. The minimum absolute atomic E-state index is 0.226. The number of halogens is 1. The van der Waals surface area contributed by atoms with Gasteiger partial charge in [0.05, 0.1) is 0 Å². The molecule has 0 aliphatic heterocycles. The van der Waals surface area contributed by atoms with Crippen LogP contribution in [0.1, 0.15) is 11.5 Å². The molecule has 0 amide bonds. The first kappa shape index (κ1) is 10.3. The molecule has 2 rings (SSSR count). The van der Waals surface area contributed by atoms with E-state index in [4.69, 9.17) is 9.52 Å². The number of nitrogens with zero attached hydrogens (tertiary/aromatic N) is 2. The highest BCUT2D eigenvalue weighted by Crippen LogP contribution is 2.27. The summed E-state index contributed by atoms with van der Waals surface area (Å²) in [7, 11) is 0. The van der Waals surface area contributed by atoms with E-state index in [-0.39, 0.29) is 12.5 Å². The Morgan fingerprint density at radius 1 is 1.40 bits per heavy atom. The van der Waals surface area contributed by atoms with Crippen molar-refractivity contribution in [3.63, 3.8) is 0 Å². The van der Waals surface area contributed by atoms with Gasteiger partial charge < -0.3 is 9.52 Å². The highest BCUT2D eigenvalue weighted by atomic mass is 79.9. The molecule has 1 heterocycles. The molecule has 0 saturated carbocycles. The van der Waals surface area contributed by atoms with Crippen molar-refractivity contribution >= 4 is 15.9 Å². The van der Waals surface area contributed by atoms with Crippen molar-refractivity contribution < 1.29 is 9.52 Å². The van der Waals surface area contributed by atoms with Crippen LogP contribution in [0.15, 0.2) is 27.1 Å². The summed E-state index contributed by atoms with van der Waals surface area (Å²) in [5.74, 6) is 0.655. The molecule has 0 aliphatic carbocycles. The third-order valence-corrected chi connectivity index (χ3v) is 2.96. The van der Waals surface area contributed by atoms with Crippen molar-refractivity contribution in [2.24, 2.45) is 0 Å². The van der Waals surface area contributed by atoms with Gasteiger partial charge >= 0.3 is 0 Å². The van der Waals surface area contributed by atoms with E-state index in [1.807, 2.05) is 25.1 Å². The van der Waals surface area contributed by atoms with E-state index in [1.54, 1.807) is 0 Å². The molecule has 0 saturated heterocycles. The maximum absolute atomic E-state index is 8.82. The molecule has 5 heteroatoms. The monoisotopic (exact) mass is 268 g/mol. The Hall–Kier alpha value is -1.20. The van der Waals surface area contributed by atoms with Gasteiger partial charge in [-0.2, -0.15) is 0 Å². The largest absolute Gasteiger partial charge is 0.418 e. The molecule has 2 aromatic rings. The predicted molar refractivity (Wildman–Crippen MR) is 58.1 cm³/mol. The van der Waals surface area contributed by atoms with Crippen molar-refractivity contribution in [2.45, 2.75) is 13.5 Å². The first-order chi connectivity index (χ1) is 7.22. The van der Waals surface area contributed by atoms with Crippen LogP contribution in [0.4, 0.5) is 0 Å². The third-order valence-electron chi connectivity index (χ3n) is 2.10. The van der Waals surface area contributed by atoms with Gasteiger partial charge in [-0.1, -0.05) is 22.0 Å². The van der Waals surface area contributed by atoms with E-state index in [2.05, 4.69) is 26.1 Å². The van der Waals surface area contributed by atoms with Gasteiger partial charge in [-0.15, -0.1) is 10.2 Å². The summed E-state index contributed by atoms with van der Waals surface area (Å²) < 4.78 is 6.25. The summed E-state index contributed by atoms with van der Waals surface area (Å²) in [6.07, 6.45) is 0. The van der Waals surface area contributed by atoms with Crippen LogP contribution >= 0.6 is 15.9 Å². The molecule has 0 unspecified atom stereocenters. The van der Waals surface area contributed by atoms with Crippen molar-refractivity contribution in [2.75, 3.05) is 0 Å². The summed E-state index contributed by atoms with van der Waals surface area (Å²) in [5.41, 5.74) is 1.90. The number of hydrogen-bond acceptors (Lipinski definition) is 4. The lowest BCUT2D eigenvalue weighted by molar-refractivity contribution is 0.241. The fraction of sp³-hybridized carbons (Fsp3) is 0.200. The lowest BCUT2D eigenvalue weighted by Gasteiger charge is -2.02. The molecule has 0 bridgehead atoms. The van der Waals surface area contributed by atoms with Gasteiger partial charge in [-0.3, -0.25) is 0 Å². The third kappa shape index (κ3) is 1.93. The average Bonchev–Trinajstić information content (AvgIpc) is 2.70. The summed E-state index contributed by atoms with van der Waals surface area (Å²) in [6.45, 7) is 1.72. The van der Waals surface area contributed by atoms with Crippen LogP contribution in [0.25, 0.3) is 11.5 Å². The van der Waals surface area contributed by atoms with Crippen molar-refractivity contribution in [3.05, 3.63) is 34.1 Å². The standard InChI is InChI=1S/C10H9BrN2O2/c1-6-7(3-2-4-8(6)11)10-13-12-9(5-14)15-10/h2-4,14H,5H2,1H3. The Labute approximate surface area is 95.1 Å². The summed E-state index contributed by atoms with van der Waals surface area (Å²) in [6, 6.07) is 5.74. The molecule has 1 aromatic carbocycles. The molecule has 15 heavy (non-hydrogen) atoms. The normalized spacial score (nSPS) is 10.6. The van der Waals surface area contributed by atoms with Crippen molar-refractivity contribution in [3.8, 4) is 11.5 Å². The van der Waals surface area contributed by atoms with Crippen LogP contribution in [0, 0.1) is 6.92 Å². The summed E-state index contributed by atoms with van der Waals surface area (Å²) in [5, 5.41) is 16.4. The number of aromatic nitrogens is 2. The summed E-state index contributed by atoms with van der Waals surface area (Å²) in [4.78, 5) is 0. The topological polar surface area (TPSA) is 59.2 Å². The van der Waals surface area contributed by atoms with E-state index >= 15 is 0 Å². The number of hydrogen-bond donors (Lipinski definition) is 1. The quantitative estimate of drug-likeness (QED) is 0.908. The summed E-state index contributed by atoms with van der Waals surface area (Å²) >= 11 is 3.43. The van der Waals surface area contributed by atoms with Gasteiger partial charge in [0.15, 0.2) is 0 Å². The van der Waals surface area contributed by atoms with Crippen LogP contribution in [-0.2, 0) is 6.61 Å². The fourth-order valence-electron chi connectivity index (χ4n) is 1.27. The van der Waals surface area contributed by atoms with Crippen molar-refractivity contribution in [1.82, 2.24) is 10.2 Å². The number of aliphatic hydroxyl groups is 1. The molecule has 1 aromatic heterocycles. The number of aliphatic hydroxyl groups excluding tert-OH is 1. The first-order valence-corrected chi connectivity index (χ1v) is 5.20. The van der Waals surface area contributed by atoms with E-state index < -0.39 is 0 Å². The molecule has 4 nitrogen and oxygen atoms in total. The molecule has 0 atom stereocenters. The first-order valence-electron chi connectivity index (χ1n) is 4.41. The minimum Gasteiger partial charge on any atom is -0.418 e. The minimum atomic E-state index is -0.236. The molecular formula is C10H9BrN2O2. The van der Waals surface area contributed by atoms with E-state index in [1.165, 1.54) is 0 Å². The Morgan fingerprint density at radius 3 is 2.87 bits per heavy atom. The van der Waals surface area contributed by atoms with Crippen LogP contribution in [0.2, 0.25) is 0 Å². The maximum atomic E-state index is 8.82. The molecular weight excluding hydrogens is 260 g/mol. The van der Waals surface area contributed by atoms with Gasteiger partial charge in [0.2, 0.25) is 11.8 Å². The highest BCUT2D eigenvalue weighted by molar-refractivity contribution is 9.10. The van der Waals surface area contributed by atoms with Gasteiger partial charge in [0, 0.05) is 10.0 Å². The fourth-order valence-corrected chi connectivity index (χ4v) is 1.63. The van der Waals surface area contributed by atoms with E-state index in [0.717, 1.165) is 15.6 Å². The van der Waals surface area contributed by atoms with Gasteiger partial charge in [0.25, 0.3) is 0 Å². The second-order valence-corrected chi connectivity index (χ2v) is 3.93. The zero-order valence-electron chi connectivity index (χ0n) is 8.07. The van der Waals surface area contributed by atoms with Gasteiger partial charge in [-0.05, 0) is 24.6 Å². The Kier molecular flexibility index (Phi) is 2.83. The zero-order chi connectivity index (χ0) is 10.8. The zero-order valence-corrected chi connectivity index (χ0v) is 9.65. The van der Waals surface area contributed by atoms with Crippen LogP contribution in [-0.4, -0.2) is 15.3 Å². The average molecular weight is 269 g/mol. The van der Waals surface area contributed by atoms with E-state index in [9.17, 15) is 0 Å². The lowest BCUT2D eigenvalue weighted by Crippen LogP contribution is -1.84. The molecule has 1 N–H and O–H groups in total. The molecule has 0 aliphatic rings. The SMILES string of the molecule is Cc1c(Br)cccc1-c1nnc(CO)o1. The van der Waals surface area contributed by atoms with Crippen LogP contribution in [0.3, 0.4) is 0 Å². The molecule has 0 radical (unpaired) electrons. The van der Waals surface area contributed by atoms with Crippen molar-refractivity contribution in [1.29, 1.82) is 0 Å². The maximum Gasteiger partial charge on any atom is 0.248 e. The smallest absolute Gasteiger partial charge is 0.248 e. The number of benzene rings is 1. The predicted octanol–water partition coefficient (Wildman–Crippen LogP) is 2.30.